The van der Waals surface area contributed by atoms with Gasteiger partial charge < -0.3 is 4.74 Å². The zero-order chi connectivity index (χ0) is 7.28. The van der Waals surface area contributed by atoms with Crippen molar-refractivity contribution in [3.05, 3.63) is 0 Å². The van der Waals surface area contributed by atoms with Gasteiger partial charge >= 0.3 is 5.97 Å². The van der Waals surface area contributed by atoms with Crippen LogP contribution in [0.2, 0.25) is 0 Å². The van der Waals surface area contributed by atoms with Gasteiger partial charge in [-0.1, -0.05) is 13.8 Å². The SMILES string of the molecule is CCOC(=O)C(C)CC.[Na]. The molecule has 3 heteroatoms. The molecule has 0 aromatic heterocycles. The van der Waals surface area contributed by atoms with Gasteiger partial charge in [-0.15, -0.1) is 0 Å². The first kappa shape index (κ1) is 13.1. The summed E-state index contributed by atoms with van der Waals surface area (Å²) in [6.07, 6.45) is 0.860. The van der Waals surface area contributed by atoms with Crippen molar-refractivity contribution in [3.8, 4) is 0 Å². The number of hydrogen-bond donors (Lipinski definition) is 0. The molecule has 1 atom stereocenters. The summed E-state index contributed by atoms with van der Waals surface area (Å²) >= 11 is 0. The summed E-state index contributed by atoms with van der Waals surface area (Å²) < 4.78 is 4.76. The third kappa shape index (κ3) is 5.27. The smallest absolute Gasteiger partial charge is 0.308 e. The number of rotatable bonds is 3. The fourth-order valence-electron chi connectivity index (χ4n) is 0.451. The Morgan fingerprint density at radius 1 is 1.50 bits per heavy atom. The molecule has 0 saturated heterocycles. The van der Waals surface area contributed by atoms with Crippen molar-refractivity contribution in [3.63, 3.8) is 0 Å². The number of hydrogen-bond acceptors (Lipinski definition) is 2. The Balaban J connectivity index is 0. The monoisotopic (exact) mass is 153 g/mol. The summed E-state index contributed by atoms with van der Waals surface area (Å²) in [5, 5.41) is 0. The topological polar surface area (TPSA) is 26.3 Å². The van der Waals surface area contributed by atoms with E-state index in [9.17, 15) is 4.79 Å². The van der Waals surface area contributed by atoms with Crippen molar-refractivity contribution in [1.82, 2.24) is 0 Å². The molecular weight excluding hydrogens is 139 g/mol. The second kappa shape index (κ2) is 7.58. The molecular formula is C7H14NaO2. The maximum Gasteiger partial charge on any atom is 0.308 e. The van der Waals surface area contributed by atoms with E-state index in [4.69, 9.17) is 4.74 Å². The summed E-state index contributed by atoms with van der Waals surface area (Å²) in [4.78, 5) is 10.8. The minimum absolute atomic E-state index is 0. The van der Waals surface area contributed by atoms with E-state index in [1.165, 1.54) is 0 Å². The van der Waals surface area contributed by atoms with Crippen LogP contribution in [0.5, 0.6) is 0 Å². The summed E-state index contributed by atoms with van der Waals surface area (Å²) in [6.45, 7) is 6.16. The third-order valence-corrected chi connectivity index (χ3v) is 1.30. The molecule has 0 aromatic rings. The van der Waals surface area contributed by atoms with Crippen molar-refractivity contribution in [2.45, 2.75) is 27.2 Å². The van der Waals surface area contributed by atoms with Crippen LogP contribution in [0.4, 0.5) is 0 Å². The van der Waals surface area contributed by atoms with E-state index in [1.807, 2.05) is 20.8 Å². The van der Waals surface area contributed by atoms with Crippen LogP contribution in [0.1, 0.15) is 27.2 Å². The van der Waals surface area contributed by atoms with E-state index in [0.29, 0.717) is 6.61 Å². The first-order valence-electron chi connectivity index (χ1n) is 3.39. The Morgan fingerprint density at radius 3 is 2.30 bits per heavy atom. The van der Waals surface area contributed by atoms with Crippen LogP contribution in [0.25, 0.3) is 0 Å². The van der Waals surface area contributed by atoms with Gasteiger partial charge in [-0.3, -0.25) is 4.79 Å². The molecule has 0 aromatic carbocycles. The van der Waals surface area contributed by atoms with Crippen molar-refractivity contribution in [2.75, 3.05) is 6.61 Å². The average molecular weight is 153 g/mol. The van der Waals surface area contributed by atoms with Gasteiger partial charge in [-0.2, -0.15) is 0 Å². The average Bonchev–Trinajstić information content (AvgIpc) is 1.87. The molecule has 0 aliphatic rings. The van der Waals surface area contributed by atoms with E-state index in [-0.39, 0.29) is 41.4 Å². The number of ether oxygens (including phenoxy) is 1. The Kier molecular flexibility index (Phi) is 9.92. The van der Waals surface area contributed by atoms with Gasteiger partial charge in [-0.05, 0) is 13.3 Å². The molecule has 0 heterocycles. The van der Waals surface area contributed by atoms with Gasteiger partial charge in [0.25, 0.3) is 0 Å². The molecule has 0 aliphatic heterocycles. The largest absolute Gasteiger partial charge is 0.466 e. The van der Waals surface area contributed by atoms with E-state index in [0.717, 1.165) is 6.42 Å². The molecule has 0 rings (SSSR count). The van der Waals surface area contributed by atoms with Crippen molar-refractivity contribution in [2.24, 2.45) is 5.92 Å². The second-order valence-electron chi connectivity index (χ2n) is 2.06. The van der Waals surface area contributed by atoms with E-state index in [1.54, 1.807) is 0 Å². The number of carbonyl (C=O) groups is 1. The summed E-state index contributed by atoms with van der Waals surface area (Å²) in [5.74, 6) is -0.0232. The van der Waals surface area contributed by atoms with Gasteiger partial charge in [0, 0.05) is 29.6 Å². The van der Waals surface area contributed by atoms with Gasteiger partial charge in [-0.25, -0.2) is 0 Å². The molecule has 1 radical (unpaired) electrons. The predicted octanol–water partition coefficient (Wildman–Crippen LogP) is 1.21. The maximum atomic E-state index is 10.8. The maximum absolute atomic E-state index is 10.8. The summed E-state index contributed by atoms with van der Waals surface area (Å²) in [5.41, 5.74) is 0. The molecule has 0 N–H and O–H groups in total. The second-order valence-corrected chi connectivity index (χ2v) is 2.06. The Bertz CT molecular complexity index is 93.6. The van der Waals surface area contributed by atoms with E-state index in [2.05, 4.69) is 0 Å². The molecule has 0 saturated carbocycles. The van der Waals surface area contributed by atoms with Gasteiger partial charge in [0.2, 0.25) is 0 Å². The summed E-state index contributed by atoms with van der Waals surface area (Å²) in [6, 6.07) is 0. The number of carbonyl (C=O) groups excluding carboxylic acids is 1. The van der Waals surface area contributed by atoms with Crippen molar-refractivity contribution < 1.29 is 9.53 Å². The molecule has 0 amide bonds. The normalized spacial score (nSPS) is 11.5. The Labute approximate surface area is 84.6 Å². The predicted molar refractivity (Wildman–Crippen MR) is 41.8 cm³/mol. The number of esters is 1. The standard InChI is InChI=1S/C7H14O2.Na/c1-4-6(3)7(8)9-5-2;/h6H,4-5H2,1-3H3;. The molecule has 0 fully saturated rings. The fourth-order valence-corrected chi connectivity index (χ4v) is 0.451. The molecule has 55 valence electrons. The van der Waals surface area contributed by atoms with Gasteiger partial charge in [0.05, 0.1) is 12.5 Å². The van der Waals surface area contributed by atoms with Crippen LogP contribution in [0.15, 0.2) is 0 Å². The Morgan fingerprint density at radius 2 is 2.00 bits per heavy atom. The van der Waals surface area contributed by atoms with Crippen LogP contribution >= 0.6 is 0 Å². The minimum Gasteiger partial charge on any atom is -0.466 e. The zero-order valence-corrected chi connectivity index (χ0v) is 9.31. The van der Waals surface area contributed by atoms with Gasteiger partial charge in [0.1, 0.15) is 0 Å². The quantitative estimate of drug-likeness (QED) is 0.450. The third-order valence-electron chi connectivity index (χ3n) is 1.30. The van der Waals surface area contributed by atoms with Crippen LogP contribution in [0, 0.1) is 5.92 Å². The first-order valence-corrected chi connectivity index (χ1v) is 3.39. The molecule has 0 spiro atoms. The van der Waals surface area contributed by atoms with E-state index >= 15 is 0 Å². The Hall–Kier alpha value is 0.470. The molecule has 2 nitrogen and oxygen atoms in total. The van der Waals surface area contributed by atoms with Gasteiger partial charge in [0.15, 0.2) is 0 Å². The zero-order valence-electron chi connectivity index (χ0n) is 7.31. The van der Waals surface area contributed by atoms with Crippen molar-refractivity contribution >= 4 is 35.5 Å². The molecule has 1 unspecified atom stereocenters. The van der Waals surface area contributed by atoms with Crippen molar-refractivity contribution in [1.29, 1.82) is 0 Å². The summed E-state index contributed by atoms with van der Waals surface area (Å²) in [7, 11) is 0. The van der Waals surface area contributed by atoms with Crippen LogP contribution in [0.3, 0.4) is 0 Å². The minimum atomic E-state index is -0.0833. The van der Waals surface area contributed by atoms with E-state index < -0.39 is 0 Å². The van der Waals surface area contributed by atoms with Crippen LogP contribution in [-0.2, 0) is 9.53 Å². The molecule has 0 aliphatic carbocycles. The van der Waals surface area contributed by atoms with Crippen LogP contribution < -0.4 is 0 Å². The molecule has 10 heavy (non-hydrogen) atoms. The fraction of sp³-hybridized carbons (Fsp3) is 0.857. The molecule has 0 bridgehead atoms. The first-order chi connectivity index (χ1) is 4.22. The van der Waals surface area contributed by atoms with Crippen LogP contribution in [-0.4, -0.2) is 42.1 Å².